The third kappa shape index (κ3) is 6.36. The fraction of sp³-hybridized carbons (Fsp3) is 0.381. The van der Waals surface area contributed by atoms with E-state index in [1.165, 1.54) is 5.56 Å². The van der Waals surface area contributed by atoms with Crippen LogP contribution in [0.5, 0.6) is 5.75 Å². The Balaban J connectivity index is 1.98. The topological polar surface area (TPSA) is 41.6 Å². The molecule has 0 radical (unpaired) electrons. The largest absolute Gasteiger partial charge is 0.484 e. The molecule has 0 fully saturated rings. The van der Waals surface area contributed by atoms with Crippen molar-refractivity contribution in [2.45, 2.75) is 26.3 Å². The van der Waals surface area contributed by atoms with E-state index in [4.69, 9.17) is 16.3 Å². The lowest BCUT2D eigenvalue weighted by Crippen LogP contribution is -2.34. The van der Waals surface area contributed by atoms with E-state index in [0.29, 0.717) is 10.8 Å². The van der Waals surface area contributed by atoms with Crippen LogP contribution in [0.25, 0.3) is 0 Å². The highest BCUT2D eigenvalue weighted by Crippen LogP contribution is 2.20. The highest BCUT2D eigenvalue weighted by Gasteiger charge is 2.15. The van der Waals surface area contributed by atoms with Gasteiger partial charge in [-0.05, 0) is 81.9 Å². The van der Waals surface area contributed by atoms with E-state index < -0.39 is 0 Å². The fourth-order valence-corrected chi connectivity index (χ4v) is 2.72. The molecule has 4 nitrogen and oxygen atoms in total. The average molecular weight is 375 g/mol. The van der Waals surface area contributed by atoms with Gasteiger partial charge < -0.3 is 15.0 Å². The molecule has 140 valence electrons. The molecule has 0 saturated heterocycles. The molecule has 0 aromatic heterocycles. The van der Waals surface area contributed by atoms with Gasteiger partial charge in [-0.15, -0.1) is 0 Å². The van der Waals surface area contributed by atoms with E-state index in [1.54, 1.807) is 0 Å². The molecular weight excluding hydrogens is 348 g/mol. The maximum Gasteiger partial charge on any atom is 0.258 e. The maximum atomic E-state index is 12.4. The number of rotatable bonds is 8. The fourth-order valence-electron chi connectivity index (χ4n) is 2.59. The van der Waals surface area contributed by atoms with Crippen LogP contribution in [0.4, 0.5) is 0 Å². The van der Waals surface area contributed by atoms with Crippen molar-refractivity contribution in [3.05, 3.63) is 64.2 Å². The van der Waals surface area contributed by atoms with Gasteiger partial charge in [0.1, 0.15) is 5.75 Å². The summed E-state index contributed by atoms with van der Waals surface area (Å²) < 4.78 is 5.64. The Morgan fingerprint density at radius 1 is 1.12 bits per heavy atom. The van der Waals surface area contributed by atoms with Crippen LogP contribution in [0.3, 0.4) is 0 Å². The summed E-state index contributed by atoms with van der Waals surface area (Å²) in [5, 5.41) is 3.76. The summed E-state index contributed by atoms with van der Waals surface area (Å²) in [6, 6.07) is 13.3. The third-order valence-corrected chi connectivity index (χ3v) is 4.57. The Hall–Kier alpha value is -2.04. The number of aryl methyl sites for hydroxylation is 2. The number of carbonyl (C=O) groups is 1. The molecule has 0 heterocycles. The number of hydrogen-bond donors (Lipinski definition) is 1. The normalized spacial score (nSPS) is 12.1. The number of amides is 1. The van der Waals surface area contributed by atoms with Gasteiger partial charge in [0.2, 0.25) is 0 Å². The lowest BCUT2D eigenvalue weighted by molar-refractivity contribution is -0.123. The van der Waals surface area contributed by atoms with E-state index in [2.05, 4.69) is 10.2 Å². The number of hydrogen-bond acceptors (Lipinski definition) is 3. The van der Waals surface area contributed by atoms with E-state index >= 15 is 0 Å². The molecular formula is C21H27ClN2O2. The lowest BCUT2D eigenvalue weighted by atomic mass is 10.0. The van der Waals surface area contributed by atoms with E-state index in [0.717, 1.165) is 24.1 Å². The Labute approximate surface area is 161 Å². The standard InChI is InChI=1S/C21H27ClN2O2/c1-15-5-10-19(13-16(15)2)26-14-21(25)23-20(11-12-24(3)4)17-6-8-18(22)9-7-17/h5-10,13,20H,11-12,14H2,1-4H3,(H,23,25). The quantitative estimate of drug-likeness (QED) is 0.754. The second-order valence-electron chi connectivity index (χ2n) is 6.80. The van der Waals surface area contributed by atoms with Gasteiger partial charge >= 0.3 is 0 Å². The smallest absolute Gasteiger partial charge is 0.258 e. The molecule has 1 atom stereocenters. The van der Waals surface area contributed by atoms with Gasteiger partial charge in [0.25, 0.3) is 5.91 Å². The zero-order valence-electron chi connectivity index (χ0n) is 15.9. The van der Waals surface area contributed by atoms with Crippen LogP contribution < -0.4 is 10.1 Å². The van der Waals surface area contributed by atoms with E-state index in [9.17, 15) is 4.79 Å². The van der Waals surface area contributed by atoms with Gasteiger partial charge in [-0.2, -0.15) is 0 Å². The molecule has 0 aliphatic heterocycles. The Bertz CT molecular complexity index is 729. The van der Waals surface area contributed by atoms with Crippen LogP contribution in [0, 0.1) is 13.8 Å². The number of carbonyl (C=O) groups excluding carboxylic acids is 1. The van der Waals surface area contributed by atoms with Crippen LogP contribution >= 0.6 is 11.6 Å². The molecule has 0 aliphatic carbocycles. The van der Waals surface area contributed by atoms with Gasteiger partial charge in [0.15, 0.2) is 6.61 Å². The Morgan fingerprint density at radius 3 is 2.42 bits per heavy atom. The van der Waals surface area contributed by atoms with Crippen molar-refractivity contribution < 1.29 is 9.53 Å². The molecule has 2 rings (SSSR count). The van der Waals surface area contributed by atoms with Crippen LogP contribution in [0.1, 0.15) is 29.2 Å². The molecule has 26 heavy (non-hydrogen) atoms. The van der Waals surface area contributed by atoms with E-state index in [-0.39, 0.29) is 18.6 Å². The second kappa shape index (κ2) is 9.60. The van der Waals surface area contributed by atoms with Crippen LogP contribution in [-0.2, 0) is 4.79 Å². The summed E-state index contributed by atoms with van der Waals surface area (Å²) >= 11 is 5.98. The van der Waals surface area contributed by atoms with E-state index in [1.807, 2.05) is 70.4 Å². The van der Waals surface area contributed by atoms with Crippen LogP contribution in [0.2, 0.25) is 5.02 Å². The number of halogens is 1. The first-order valence-electron chi connectivity index (χ1n) is 8.75. The first-order valence-corrected chi connectivity index (χ1v) is 9.12. The van der Waals surface area contributed by atoms with Gasteiger partial charge in [-0.25, -0.2) is 0 Å². The van der Waals surface area contributed by atoms with Gasteiger partial charge in [-0.3, -0.25) is 4.79 Å². The number of ether oxygens (including phenoxy) is 1. The predicted octanol–water partition coefficient (Wildman–Crippen LogP) is 4.14. The van der Waals surface area contributed by atoms with Crippen LogP contribution in [0.15, 0.2) is 42.5 Å². The van der Waals surface area contributed by atoms with Gasteiger partial charge in [0, 0.05) is 5.02 Å². The molecule has 1 unspecified atom stereocenters. The second-order valence-corrected chi connectivity index (χ2v) is 7.23. The van der Waals surface area contributed by atoms with Crippen molar-refractivity contribution in [3.8, 4) is 5.75 Å². The van der Waals surface area contributed by atoms with Crippen molar-refractivity contribution in [2.24, 2.45) is 0 Å². The summed E-state index contributed by atoms with van der Waals surface area (Å²) in [5.74, 6) is 0.571. The first-order chi connectivity index (χ1) is 12.3. The third-order valence-electron chi connectivity index (χ3n) is 4.32. The Kier molecular flexibility index (Phi) is 7.49. The van der Waals surface area contributed by atoms with Crippen molar-refractivity contribution in [1.82, 2.24) is 10.2 Å². The molecule has 0 saturated carbocycles. The lowest BCUT2D eigenvalue weighted by Gasteiger charge is -2.21. The molecule has 2 aromatic carbocycles. The summed E-state index contributed by atoms with van der Waals surface area (Å²) in [7, 11) is 4.03. The SMILES string of the molecule is Cc1ccc(OCC(=O)NC(CCN(C)C)c2ccc(Cl)cc2)cc1C. The molecule has 0 aliphatic rings. The molecule has 2 aromatic rings. The number of benzene rings is 2. The zero-order chi connectivity index (χ0) is 19.1. The summed E-state index contributed by atoms with van der Waals surface area (Å²) in [4.78, 5) is 14.5. The first kappa shape index (κ1) is 20.3. The number of nitrogens with one attached hydrogen (secondary N) is 1. The minimum Gasteiger partial charge on any atom is -0.484 e. The highest BCUT2D eigenvalue weighted by atomic mass is 35.5. The highest BCUT2D eigenvalue weighted by molar-refractivity contribution is 6.30. The summed E-state index contributed by atoms with van der Waals surface area (Å²) in [6.07, 6.45) is 0.810. The molecule has 1 N–H and O–H groups in total. The van der Waals surface area contributed by atoms with Crippen molar-refractivity contribution >= 4 is 17.5 Å². The summed E-state index contributed by atoms with van der Waals surface area (Å²) in [6.45, 7) is 4.94. The number of nitrogens with zero attached hydrogens (tertiary/aromatic N) is 1. The van der Waals surface area contributed by atoms with Crippen molar-refractivity contribution in [3.63, 3.8) is 0 Å². The predicted molar refractivity (Wildman–Crippen MR) is 107 cm³/mol. The minimum absolute atomic E-state index is 0.00540. The van der Waals surface area contributed by atoms with Gasteiger partial charge in [-0.1, -0.05) is 29.8 Å². The minimum atomic E-state index is -0.137. The average Bonchev–Trinajstić information content (AvgIpc) is 2.60. The Morgan fingerprint density at radius 2 is 1.81 bits per heavy atom. The summed E-state index contributed by atoms with van der Waals surface area (Å²) in [5.41, 5.74) is 3.39. The van der Waals surface area contributed by atoms with Gasteiger partial charge in [0.05, 0.1) is 6.04 Å². The molecule has 0 bridgehead atoms. The maximum absolute atomic E-state index is 12.4. The molecule has 0 spiro atoms. The molecule has 5 heteroatoms. The van der Waals surface area contributed by atoms with Crippen molar-refractivity contribution in [1.29, 1.82) is 0 Å². The van der Waals surface area contributed by atoms with Crippen molar-refractivity contribution in [2.75, 3.05) is 27.2 Å². The van der Waals surface area contributed by atoms with Crippen LogP contribution in [-0.4, -0.2) is 38.1 Å². The molecule has 1 amide bonds. The zero-order valence-corrected chi connectivity index (χ0v) is 16.6. The monoisotopic (exact) mass is 374 g/mol.